The standard InChI is InChI=1S/C13H19NO/c1-11-5-4-6-12(9-11)13(10-15)7-2-3-8-14-13/h4-6,9,14-15H,2-3,7-8,10H2,1H3. The van der Waals surface area contributed by atoms with Gasteiger partial charge >= 0.3 is 0 Å². The van der Waals surface area contributed by atoms with E-state index in [1.54, 1.807) is 0 Å². The van der Waals surface area contributed by atoms with Gasteiger partial charge in [0.05, 0.1) is 12.1 Å². The van der Waals surface area contributed by atoms with Gasteiger partial charge in [-0.1, -0.05) is 29.8 Å². The average molecular weight is 205 g/mol. The molecule has 0 bridgehead atoms. The second-order valence-electron chi connectivity index (χ2n) is 4.49. The molecule has 2 N–H and O–H groups in total. The van der Waals surface area contributed by atoms with Crippen molar-refractivity contribution in [1.29, 1.82) is 0 Å². The fraction of sp³-hybridized carbons (Fsp3) is 0.538. The molecular weight excluding hydrogens is 186 g/mol. The lowest BCUT2D eigenvalue weighted by atomic mass is 9.82. The third kappa shape index (κ3) is 2.06. The molecule has 1 saturated heterocycles. The first-order valence-corrected chi connectivity index (χ1v) is 5.70. The van der Waals surface area contributed by atoms with Gasteiger partial charge in [-0.25, -0.2) is 0 Å². The molecule has 1 aromatic rings. The predicted molar refractivity (Wildman–Crippen MR) is 61.8 cm³/mol. The molecule has 1 fully saturated rings. The number of piperidine rings is 1. The van der Waals surface area contributed by atoms with Gasteiger partial charge in [0.25, 0.3) is 0 Å². The van der Waals surface area contributed by atoms with Gasteiger partial charge in [-0.15, -0.1) is 0 Å². The summed E-state index contributed by atoms with van der Waals surface area (Å²) in [5.41, 5.74) is 2.29. The number of aryl methyl sites for hydroxylation is 1. The SMILES string of the molecule is Cc1cccc(C2(CO)CCCCN2)c1. The zero-order valence-corrected chi connectivity index (χ0v) is 9.29. The van der Waals surface area contributed by atoms with Crippen LogP contribution >= 0.6 is 0 Å². The van der Waals surface area contributed by atoms with Gasteiger partial charge in [0.2, 0.25) is 0 Å². The summed E-state index contributed by atoms with van der Waals surface area (Å²) in [7, 11) is 0. The third-order valence-electron chi connectivity index (χ3n) is 3.33. The molecule has 1 atom stereocenters. The third-order valence-corrected chi connectivity index (χ3v) is 3.33. The molecule has 1 heterocycles. The molecule has 2 rings (SSSR count). The zero-order valence-electron chi connectivity index (χ0n) is 9.29. The van der Waals surface area contributed by atoms with Crippen molar-refractivity contribution < 1.29 is 5.11 Å². The van der Waals surface area contributed by atoms with Crippen LogP contribution in [-0.4, -0.2) is 18.3 Å². The molecule has 0 aliphatic carbocycles. The summed E-state index contributed by atoms with van der Waals surface area (Å²) < 4.78 is 0. The normalized spacial score (nSPS) is 26.5. The molecule has 0 saturated carbocycles. The van der Waals surface area contributed by atoms with Crippen LogP contribution in [0, 0.1) is 6.92 Å². The lowest BCUT2D eigenvalue weighted by Crippen LogP contribution is -2.48. The maximum Gasteiger partial charge on any atom is 0.0669 e. The zero-order chi connectivity index (χ0) is 10.7. The minimum atomic E-state index is -0.190. The minimum absolute atomic E-state index is 0.190. The fourth-order valence-electron chi connectivity index (χ4n) is 2.38. The van der Waals surface area contributed by atoms with Crippen molar-refractivity contribution >= 4 is 0 Å². The van der Waals surface area contributed by atoms with Crippen LogP contribution in [0.25, 0.3) is 0 Å². The highest BCUT2D eigenvalue weighted by atomic mass is 16.3. The predicted octanol–water partition coefficient (Wildman–Crippen LogP) is 1.96. The fourth-order valence-corrected chi connectivity index (χ4v) is 2.38. The van der Waals surface area contributed by atoms with Crippen LogP contribution in [0.3, 0.4) is 0 Å². The molecule has 0 aromatic heterocycles. The van der Waals surface area contributed by atoms with E-state index in [-0.39, 0.29) is 12.1 Å². The summed E-state index contributed by atoms with van der Waals surface area (Å²) >= 11 is 0. The van der Waals surface area contributed by atoms with E-state index < -0.39 is 0 Å². The summed E-state index contributed by atoms with van der Waals surface area (Å²) in [6.45, 7) is 3.29. The van der Waals surface area contributed by atoms with E-state index in [0.29, 0.717) is 0 Å². The Bertz CT molecular complexity index is 329. The Morgan fingerprint density at radius 1 is 1.40 bits per heavy atom. The summed E-state index contributed by atoms with van der Waals surface area (Å²) in [5, 5.41) is 13.1. The first-order chi connectivity index (χ1) is 7.27. The number of hydrogen-bond donors (Lipinski definition) is 2. The van der Waals surface area contributed by atoms with Gasteiger partial charge in [0, 0.05) is 0 Å². The van der Waals surface area contributed by atoms with Gasteiger partial charge in [-0.2, -0.15) is 0 Å². The number of hydrogen-bond acceptors (Lipinski definition) is 2. The van der Waals surface area contributed by atoms with Crippen LogP contribution in [0.15, 0.2) is 24.3 Å². The van der Waals surface area contributed by atoms with Crippen molar-refractivity contribution in [2.24, 2.45) is 0 Å². The Morgan fingerprint density at radius 3 is 2.87 bits per heavy atom. The first kappa shape index (κ1) is 10.7. The van der Waals surface area contributed by atoms with Crippen molar-refractivity contribution in [3.8, 4) is 0 Å². The maximum absolute atomic E-state index is 9.62. The van der Waals surface area contributed by atoms with Crippen LogP contribution in [0.2, 0.25) is 0 Å². The van der Waals surface area contributed by atoms with E-state index >= 15 is 0 Å². The number of aliphatic hydroxyl groups is 1. The second kappa shape index (κ2) is 4.33. The number of benzene rings is 1. The largest absolute Gasteiger partial charge is 0.394 e. The van der Waals surface area contributed by atoms with Gasteiger partial charge < -0.3 is 10.4 Å². The number of aliphatic hydroxyl groups excluding tert-OH is 1. The van der Waals surface area contributed by atoms with E-state index in [0.717, 1.165) is 13.0 Å². The second-order valence-corrected chi connectivity index (χ2v) is 4.49. The lowest BCUT2D eigenvalue weighted by Gasteiger charge is -2.37. The smallest absolute Gasteiger partial charge is 0.0669 e. The molecule has 0 radical (unpaired) electrons. The summed E-state index contributed by atoms with van der Waals surface area (Å²) in [6, 6.07) is 8.45. The van der Waals surface area contributed by atoms with E-state index in [9.17, 15) is 5.11 Å². The van der Waals surface area contributed by atoms with Crippen molar-refractivity contribution in [2.75, 3.05) is 13.2 Å². The Hall–Kier alpha value is -0.860. The molecule has 2 heteroatoms. The van der Waals surface area contributed by atoms with E-state index in [4.69, 9.17) is 0 Å². The minimum Gasteiger partial charge on any atom is -0.394 e. The highest BCUT2D eigenvalue weighted by Gasteiger charge is 2.32. The van der Waals surface area contributed by atoms with Gasteiger partial charge in [0.15, 0.2) is 0 Å². The van der Waals surface area contributed by atoms with E-state index in [1.165, 1.54) is 24.0 Å². The molecular formula is C13H19NO. The molecule has 0 spiro atoms. The van der Waals surface area contributed by atoms with Gasteiger partial charge in [-0.3, -0.25) is 0 Å². The first-order valence-electron chi connectivity index (χ1n) is 5.70. The van der Waals surface area contributed by atoms with Crippen LogP contribution < -0.4 is 5.32 Å². The van der Waals surface area contributed by atoms with E-state index in [1.807, 2.05) is 0 Å². The number of rotatable bonds is 2. The van der Waals surface area contributed by atoms with Crippen LogP contribution in [0.1, 0.15) is 30.4 Å². The highest BCUT2D eigenvalue weighted by molar-refractivity contribution is 5.29. The Labute approximate surface area is 91.3 Å². The Balaban J connectivity index is 2.32. The van der Waals surface area contributed by atoms with Crippen molar-refractivity contribution in [3.63, 3.8) is 0 Å². The molecule has 15 heavy (non-hydrogen) atoms. The molecule has 1 aromatic carbocycles. The molecule has 0 amide bonds. The van der Waals surface area contributed by atoms with Crippen LogP contribution in [-0.2, 0) is 5.54 Å². The quantitative estimate of drug-likeness (QED) is 0.773. The molecule has 1 aliphatic heterocycles. The number of nitrogens with one attached hydrogen (secondary N) is 1. The van der Waals surface area contributed by atoms with Gasteiger partial charge in [-0.05, 0) is 38.3 Å². The summed E-state index contributed by atoms with van der Waals surface area (Å²) in [6.07, 6.45) is 3.45. The maximum atomic E-state index is 9.62. The van der Waals surface area contributed by atoms with Crippen molar-refractivity contribution in [2.45, 2.75) is 31.7 Å². The molecule has 1 aliphatic rings. The monoisotopic (exact) mass is 205 g/mol. The molecule has 2 nitrogen and oxygen atoms in total. The van der Waals surface area contributed by atoms with Crippen molar-refractivity contribution in [3.05, 3.63) is 35.4 Å². The topological polar surface area (TPSA) is 32.3 Å². The summed E-state index contributed by atoms with van der Waals surface area (Å²) in [5.74, 6) is 0. The van der Waals surface area contributed by atoms with Crippen molar-refractivity contribution in [1.82, 2.24) is 5.32 Å². The van der Waals surface area contributed by atoms with E-state index in [2.05, 4.69) is 36.5 Å². The lowest BCUT2D eigenvalue weighted by molar-refractivity contribution is 0.131. The molecule has 1 unspecified atom stereocenters. The van der Waals surface area contributed by atoms with Crippen LogP contribution in [0.5, 0.6) is 0 Å². The Kier molecular flexibility index (Phi) is 3.08. The van der Waals surface area contributed by atoms with Gasteiger partial charge in [0.1, 0.15) is 0 Å². The summed E-state index contributed by atoms with van der Waals surface area (Å²) in [4.78, 5) is 0. The average Bonchev–Trinajstić information content (AvgIpc) is 2.30. The highest BCUT2D eigenvalue weighted by Crippen LogP contribution is 2.30. The Morgan fingerprint density at radius 2 is 2.27 bits per heavy atom. The van der Waals surface area contributed by atoms with Crippen LogP contribution in [0.4, 0.5) is 0 Å². The molecule has 82 valence electrons.